The van der Waals surface area contributed by atoms with E-state index < -0.39 is 0 Å². The predicted molar refractivity (Wildman–Crippen MR) is 59.0 cm³/mol. The number of hydrogen-bond donors (Lipinski definition) is 1. The Morgan fingerprint density at radius 1 is 1.21 bits per heavy atom. The normalized spacial score (nSPS) is 26.6. The lowest BCUT2D eigenvalue weighted by molar-refractivity contribution is -0.123. The summed E-state index contributed by atoms with van der Waals surface area (Å²) < 4.78 is 0. The molecule has 0 radical (unpaired) electrons. The molecule has 2 unspecified atom stereocenters. The Bertz CT molecular complexity index is 179. The topological polar surface area (TPSA) is 29.1 Å². The van der Waals surface area contributed by atoms with Crippen LogP contribution in [0, 0.1) is 11.8 Å². The van der Waals surface area contributed by atoms with Crippen LogP contribution in [0.4, 0.5) is 0 Å². The smallest absolute Gasteiger partial charge is 0.223 e. The second kappa shape index (κ2) is 6.05. The molecule has 82 valence electrons. The van der Waals surface area contributed by atoms with Gasteiger partial charge in [-0.05, 0) is 18.8 Å². The molecule has 1 aliphatic heterocycles. The van der Waals surface area contributed by atoms with Gasteiger partial charge in [-0.3, -0.25) is 4.79 Å². The first-order chi connectivity index (χ1) is 6.79. The van der Waals surface area contributed by atoms with Crippen molar-refractivity contribution in [2.45, 2.75) is 52.4 Å². The Kier molecular flexibility index (Phi) is 4.99. The Hall–Kier alpha value is -0.530. The molecule has 1 aliphatic rings. The van der Waals surface area contributed by atoms with Crippen LogP contribution in [0.2, 0.25) is 0 Å². The van der Waals surface area contributed by atoms with E-state index >= 15 is 0 Å². The average Bonchev–Trinajstić information content (AvgIpc) is 2.53. The van der Waals surface area contributed by atoms with Crippen LogP contribution >= 0.6 is 0 Å². The second-order valence-corrected chi connectivity index (χ2v) is 4.40. The molecule has 0 aromatic heterocycles. The predicted octanol–water partition coefficient (Wildman–Crippen LogP) is 2.73. The van der Waals surface area contributed by atoms with Crippen molar-refractivity contribution in [3.05, 3.63) is 0 Å². The molecule has 0 bridgehead atoms. The Morgan fingerprint density at radius 2 is 1.86 bits per heavy atom. The highest BCUT2D eigenvalue weighted by Gasteiger charge is 2.32. The molecule has 1 rings (SSSR count). The van der Waals surface area contributed by atoms with Crippen molar-refractivity contribution in [1.82, 2.24) is 5.32 Å². The van der Waals surface area contributed by atoms with Gasteiger partial charge in [0, 0.05) is 12.5 Å². The first-order valence-corrected chi connectivity index (χ1v) is 6.07. The van der Waals surface area contributed by atoms with Gasteiger partial charge in [-0.1, -0.05) is 39.5 Å². The van der Waals surface area contributed by atoms with Crippen LogP contribution in [0.3, 0.4) is 0 Å². The summed E-state index contributed by atoms with van der Waals surface area (Å²) in [6.07, 6.45) is 7.22. The van der Waals surface area contributed by atoms with Crippen molar-refractivity contribution in [3.63, 3.8) is 0 Å². The molecule has 2 atom stereocenters. The SMILES string of the molecule is CCCCC1CNC(=O)C1CCCC. The van der Waals surface area contributed by atoms with Gasteiger partial charge in [0.25, 0.3) is 0 Å². The van der Waals surface area contributed by atoms with Gasteiger partial charge in [0.2, 0.25) is 5.91 Å². The molecule has 1 amide bonds. The van der Waals surface area contributed by atoms with Crippen molar-refractivity contribution in [2.24, 2.45) is 11.8 Å². The maximum Gasteiger partial charge on any atom is 0.223 e. The highest BCUT2D eigenvalue weighted by atomic mass is 16.2. The van der Waals surface area contributed by atoms with Crippen LogP contribution in [0.15, 0.2) is 0 Å². The van der Waals surface area contributed by atoms with Crippen molar-refractivity contribution in [2.75, 3.05) is 6.54 Å². The monoisotopic (exact) mass is 197 g/mol. The fourth-order valence-electron chi connectivity index (χ4n) is 2.28. The maximum absolute atomic E-state index is 11.5. The lowest BCUT2D eigenvalue weighted by Crippen LogP contribution is -2.19. The van der Waals surface area contributed by atoms with E-state index in [1.807, 2.05) is 0 Å². The molecule has 2 heteroatoms. The molecule has 0 aromatic carbocycles. The van der Waals surface area contributed by atoms with E-state index in [2.05, 4.69) is 19.2 Å². The minimum Gasteiger partial charge on any atom is -0.356 e. The average molecular weight is 197 g/mol. The zero-order valence-electron chi connectivity index (χ0n) is 9.51. The molecule has 1 saturated heterocycles. The summed E-state index contributed by atoms with van der Waals surface area (Å²) in [5, 5.41) is 3.00. The molecule has 0 aromatic rings. The lowest BCUT2D eigenvalue weighted by atomic mass is 9.87. The maximum atomic E-state index is 11.5. The highest BCUT2D eigenvalue weighted by Crippen LogP contribution is 2.27. The van der Waals surface area contributed by atoms with Gasteiger partial charge in [-0.25, -0.2) is 0 Å². The van der Waals surface area contributed by atoms with Gasteiger partial charge in [0.15, 0.2) is 0 Å². The van der Waals surface area contributed by atoms with E-state index in [0.29, 0.717) is 17.7 Å². The minimum atomic E-state index is 0.305. The summed E-state index contributed by atoms with van der Waals surface area (Å²) in [7, 11) is 0. The number of carbonyl (C=O) groups excluding carboxylic acids is 1. The third-order valence-corrected chi connectivity index (χ3v) is 3.24. The van der Waals surface area contributed by atoms with Crippen molar-refractivity contribution < 1.29 is 4.79 Å². The first-order valence-electron chi connectivity index (χ1n) is 6.07. The van der Waals surface area contributed by atoms with E-state index in [-0.39, 0.29) is 0 Å². The molecule has 2 nitrogen and oxygen atoms in total. The van der Waals surface area contributed by atoms with Gasteiger partial charge in [0.1, 0.15) is 0 Å². The standard InChI is InChI=1S/C12H23NO/c1-3-5-7-10-9-13-12(14)11(10)8-6-4-2/h10-11H,3-9H2,1-2H3,(H,13,14). The van der Waals surface area contributed by atoms with Crippen LogP contribution in [0.1, 0.15) is 52.4 Å². The van der Waals surface area contributed by atoms with E-state index in [1.54, 1.807) is 0 Å². The van der Waals surface area contributed by atoms with Crippen molar-refractivity contribution in [1.29, 1.82) is 0 Å². The van der Waals surface area contributed by atoms with E-state index in [9.17, 15) is 4.79 Å². The number of rotatable bonds is 6. The lowest BCUT2D eigenvalue weighted by Gasteiger charge is -2.15. The fraction of sp³-hybridized carbons (Fsp3) is 0.917. The summed E-state index contributed by atoms with van der Waals surface area (Å²) in [5.74, 6) is 1.25. The van der Waals surface area contributed by atoms with E-state index in [4.69, 9.17) is 0 Å². The van der Waals surface area contributed by atoms with Crippen LogP contribution in [-0.4, -0.2) is 12.5 Å². The number of unbranched alkanes of at least 4 members (excludes halogenated alkanes) is 2. The molecule has 0 spiro atoms. The molecular weight excluding hydrogens is 174 g/mol. The zero-order valence-corrected chi connectivity index (χ0v) is 9.51. The molecule has 1 fully saturated rings. The zero-order chi connectivity index (χ0) is 10.4. The molecule has 0 aliphatic carbocycles. The molecular formula is C12H23NO. The van der Waals surface area contributed by atoms with Gasteiger partial charge in [-0.2, -0.15) is 0 Å². The highest BCUT2D eigenvalue weighted by molar-refractivity contribution is 5.81. The summed E-state index contributed by atoms with van der Waals surface area (Å²) in [6.45, 7) is 5.33. The van der Waals surface area contributed by atoms with E-state index in [1.165, 1.54) is 32.1 Å². The number of carbonyl (C=O) groups is 1. The van der Waals surface area contributed by atoms with Crippen LogP contribution in [0.5, 0.6) is 0 Å². The number of hydrogen-bond acceptors (Lipinski definition) is 1. The van der Waals surface area contributed by atoms with Crippen LogP contribution < -0.4 is 5.32 Å². The third-order valence-electron chi connectivity index (χ3n) is 3.24. The summed E-state index contributed by atoms with van der Waals surface area (Å²) in [5.41, 5.74) is 0. The quantitative estimate of drug-likeness (QED) is 0.697. The minimum absolute atomic E-state index is 0.305. The van der Waals surface area contributed by atoms with Crippen molar-refractivity contribution in [3.8, 4) is 0 Å². The van der Waals surface area contributed by atoms with Gasteiger partial charge < -0.3 is 5.32 Å². The van der Waals surface area contributed by atoms with Gasteiger partial charge >= 0.3 is 0 Å². The summed E-state index contributed by atoms with van der Waals surface area (Å²) in [6, 6.07) is 0. The second-order valence-electron chi connectivity index (χ2n) is 4.40. The van der Waals surface area contributed by atoms with Crippen LogP contribution in [0.25, 0.3) is 0 Å². The molecule has 0 saturated carbocycles. The fourth-order valence-corrected chi connectivity index (χ4v) is 2.28. The van der Waals surface area contributed by atoms with Crippen LogP contribution in [-0.2, 0) is 4.79 Å². The Labute approximate surface area is 87.5 Å². The molecule has 14 heavy (non-hydrogen) atoms. The van der Waals surface area contributed by atoms with Gasteiger partial charge in [-0.15, -0.1) is 0 Å². The molecule has 1 N–H and O–H groups in total. The van der Waals surface area contributed by atoms with Crippen molar-refractivity contribution >= 4 is 5.91 Å². The Morgan fingerprint density at radius 3 is 2.50 bits per heavy atom. The first kappa shape index (κ1) is 11.5. The third kappa shape index (κ3) is 3.00. The number of nitrogens with one attached hydrogen (secondary N) is 1. The summed E-state index contributed by atoms with van der Waals surface area (Å²) >= 11 is 0. The largest absolute Gasteiger partial charge is 0.356 e. The van der Waals surface area contributed by atoms with Gasteiger partial charge in [0.05, 0.1) is 0 Å². The van der Waals surface area contributed by atoms with E-state index in [0.717, 1.165) is 13.0 Å². The Balaban J connectivity index is 2.36. The number of amides is 1. The molecule has 1 heterocycles. The summed E-state index contributed by atoms with van der Waals surface area (Å²) in [4.78, 5) is 11.5.